The maximum absolute atomic E-state index is 12.4. The fourth-order valence-corrected chi connectivity index (χ4v) is 4.61. The van der Waals surface area contributed by atoms with Crippen molar-refractivity contribution in [3.05, 3.63) is 29.8 Å². The second-order valence-corrected chi connectivity index (χ2v) is 8.11. The molecule has 3 rings (SSSR count). The minimum Gasteiger partial charge on any atom is -0.341 e. The van der Waals surface area contributed by atoms with Gasteiger partial charge in [-0.1, -0.05) is 18.6 Å². The Hall–Kier alpha value is -1.24. The van der Waals surface area contributed by atoms with Crippen molar-refractivity contribution in [2.24, 2.45) is 17.6 Å². The second-order valence-electron chi connectivity index (χ2n) is 6.89. The van der Waals surface area contributed by atoms with E-state index in [1.807, 2.05) is 40.9 Å². The topological polar surface area (TPSA) is 75.4 Å². The van der Waals surface area contributed by atoms with Crippen LogP contribution in [-0.2, 0) is 16.0 Å². The molecule has 144 valence electrons. The number of amides is 2. The van der Waals surface area contributed by atoms with Crippen molar-refractivity contribution in [3.63, 3.8) is 0 Å². The minimum absolute atomic E-state index is 0. The van der Waals surface area contributed by atoms with Crippen molar-refractivity contribution in [3.8, 4) is 0 Å². The summed E-state index contributed by atoms with van der Waals surface area (Å²) in [7, 11) is 0. The van der Waals surface area contributed by atoms with Gasteiger partial charge in [0.1, 0.15) is 0 Å². The van der Waals surface area contributed by atoms with E-state index in [1.165, 1.54) is 0 Å². The zero-order valence-electron chi connectivity index (χ0n) is 15.0. The monoisotopic (exact) mass is 397 g/mol. The molecular weight excluding hydrogens is 370 g/mol. The summed E-state index contributed by atoms with van der Waals surface area (Å²) in [5.74, 6) is 2.66. The van der Waals surface area contributed by atoms with Crippen LogP contribution in [-0.4, -0.2) is 47.9 Å². The highest BCUT2D eigenvalue weighted by atomic mass is 35.5. The number of benzene rings is 1. The molecule has 2 aliphatic rings. The van der Waals surface area contributed by atoms with Crippen molar-refractivity contribution in [2.75, 3.05) is 36.5 Å². The van der Waals surface area contributed by atoms with E-state index in [0.29, 0.717) is 18.9 Å². The van der Waals surface area contributed by atoms with E-state index in [4.69, 9.17) is 5.73 Å². The van der Waals surface area contributed by atoms with E-state index >= 15 is 0 Å². The molecule has 1 aromatic carbocycles. The van der Waals surface area contributed by atoms with Crippen LogP contribution in [0.5, 0.6) is 0 Å². The molecule has 2 amide bonds. The van der Waals surface area contributed by atoms with Gasteiger partial charge in [-0.25, -0.2) is 0 Å². The van der Waals surface area contributed by atoms with Crippen LogP contribution < -0.4 is 11.1 Å². The molecule has 3 N–H and O–H groups in total. The lowest BCUT2D eigenvalue weighted by molar-refractivity contribution is -0.130. The zero-order valence-corrected chi connectivity index (χ0v) is 16.6. The van der Waals surface area contributed by atoms with Gasteiger partial charge in [-0.2, -0.15) is 11.8 Å². The third kappa shape index (κ3) is 5.38. The van der Waals surface area contributed by atoms with Crippen molar-refractivity contribution >= 4 is 41.7 Å². The first-order valence-electron chi connectivity index (χ1n) is 9.13. The molecule has 0 aromatic heterocycles. The van der Waals surface area contributed by atoms with Gasteiger partial charge < -0.3 is 16.0 Å². The number of carbonyl (C=O) groups excluding carboxylic acids is 2. The maximum Gasteiger partial charge on any atom is 0.227 e. The molecule has 1 saturated carbocycles. The summed E-state index contributed by atoms with van der Waals surface area (Å²) in [6, 6.07) is 7.64. The third-order valence-electron chi connectivity index (χ3n) is 5.24. The summed E-state index contributed by atoms with van der Waals surface area (Å²) < 4.78 is 0. The highest BCUT2D eigenvalue weighted by molar-refractivity contribution is 7.99. The minimum atomic E-state index is 0. The van der Waals surface area contributed by atoms with Crippen LogP contribution in [0.1, 0.15) is 24.8 Å². The second kappa shape index (κ2) is 10.2. The summed E-state index contributed by atoms with van der Waals surface area (Å²) in [4.78, 5) is 26.7. The summed E-state index contributed by atoms with van der Waals surface area (Å²) >= 11 is 1.90. The Labute approximate surface area is 165 Å². The van der Waals surface area contributed by atoms with Crippen LogP contribution in [0.3, 0.4) is 0 Å². The number of halogens is 1. The highest BCUT2D eigenvalue weighted by Crippen LogP contribution is 2.31. The van der Waals surface area contributed by atoms with E-state index in [2.05, 4.69) is 5.32 Å². The van der Waals surface area contributed by atoms with E-state index < -0.39 is 0 Å². The van der Waals surface area contributed by atoms with Gasteiger partial charge in [-0.05, 0) is 43.0 Å². The number of thioether (sulfide) groups is 1. The molecule has 1 aliphatic carbocycles. The van der Waals surface area contributed by atoms with Gasteiger partial charge in [0.15, 0.2) is 0 Å². The number of nitrogens with zero attached hydrogens (tertiary/aromatic N) is 1. The van der Waals surface area contributed by atoms with Gasteiger partial charge in [-0.15, -0.1) is 12.4 Å². The van der Waals surface area contributed by atoms with Gasteiger partial charge in [-0.3, -0.25) is 9.59 Å². The van der Waals surface area contributed by atoms with Crippen molar-refractivity contribution in [2.45, 2.75) is 25.7 Å². The number of hydrogen-bond donors (Lipinski definition) is 2. The lowest BCUT2D eigenvalue weighted by Crippen LogP contribution is -2.38. The lowest BCUT2D eigenvalue weighted by Gasteiger charge is -2.26. The van der Waals surface area contributed by atoms with E-state index in [9.17, 15) is 9.59 Å². The summed E-state index contributed by atoms with van der Waals surface area (Å²) in [6.07, 6.45) is 3.48. The number of hydrogen-bond acceptors (Lipinski definition) is 4. The number of anilines is 1. The van der Waals surface area contributed by atoms with Gasteiger partial charge in [0.2, 0.25) is 11.8 Å². The Bertz CT molecular complexity index is 605. The first-order valence-corrected chi connectivity index (χ1v) is 10.3. The molecule has 1 heterocycles. The first kappa shape index (κ1) is 21.1. The number of carbonyl (C=O) groups is 2. The van der Waals surface area contributed by atoms with Crippen molar-refractivity contribution in [1.29, 1.82) is 0 Å². The fraction of sp³-hybridized carbons (Fsp3) is 0.579. The van der Waals surface area contributed by atoms with Gasteiger partial charge in [0.05, 0.1) is 6.42 Å². The number of rotatable bonds is 5. The maximum atomic E-state index is 12.4. The van der Waals surface area contributed by atoms with Crippen LogP contribution in [0.25, 0.3) is 0 Å². The lowest BCUT2D eigenvalue weighted by atomic mass is 9.95. The molecule has 0 radical (unpaired) electrons. The van der Waals surface area contributed by atoms with Crippen LogP contribution in [0.15, 0.2) is 24.3 Å². The third-order valence-corrected chi connectivity index (χ3v) is 6.18. The molecule has 0 bridgehead atoms. The predicted octanol–water partition coefficient (Wildman–Crippen LogP) is 2.54. The van der Waals surface area contributed by atoms with Crippen LogP contribution >= 0.6 is 24.2 Å². The molecule has 1 saturated heterocycles. The molecule has 2 fully saturated rings. The molecule has 1 aliphatic heterocycles. The molecular formula is C19H28ClN3O2S. The van der Waals surface area contributed by atoms with Crippen molar-refractivity contribution < 1.29 is 9.59 Å². The highest BCUT2D eigenvalue weighted by Gasteiger charge is 2.31. The molecule has 26 heavy (non-hydrogen) atoms. The normalized spacial score (nSPS) is 22.6. The molecule has 0 unspecified atom stereocenters. The Kier molecular flexibility index (Phi) is 8.25. The van der Waals surface area contributed by atoms with E-state index in [-0.39, 0.29) is 30.1 Å². The van der Waals surface area contributed by atoms with Crippen LogP contribution in [0.4, 0.5) is 5.69 Å². The predicted molar refractivity (Wildman–Crippen MR) is 110 cm³/mol. The van der Waals surface area contributed by atoms with Crippen LogP contribution in [0, 0.1) is 11.8 Å². The van der Waals surface area contributed by atoms with E-state index in [0.717, 1.165) is 55.1 Å². The molecule has 7 heteroatoms. The smallest absolute Gasteiger partial charge is 0.227 e. The Morgan fingerprint density at radius 3 is 2.50 bits per heavy atom. The van der Waals surface area contributed by atoms with Gasteiger partial charge in [0, 0.05) is 36.2 Å². The average Bonchev–Trinajstić information content (AvgIpc) is 3.13. The average molecular weight is 398 g/mol. The summed E-state index contributed by atoms with van der Waals surface area (Å²) in [5, 5.41) is 3.00. The summed E-state index contributed by atoms with van der Waals surface area (Å²) in [6.45, 7) is 2.27. The SMILES string of the molecule is Cl.NC[C@H]1CCC[C@H]1C(=O)Nc1ccc(CC(=O)N2CCSCC2)cc1. The molecule has 0 spiro atoms. The standard InChI is InChI=1S/C19H27N3O2S.ClH/c20-13-15-2-1-3-17(15)19(24)21-16-6-4-14(5-7-16)12-18(23)22-8-10-25-11-9-22;/h4-7,15,17H,1-3,8-13,20H2,(H,21,24);1H/t15-,17-;/m1./s1. The van der Waals surface area contributed by atoms with Gasteiger partial charge in [0.25, 0.3) is 0 Å². The van der Waals surface area contributed by atoms with Crippen molar-refractivity contribution in [1.82, 2.24) is 4.90 Å². The molecule has 1 aromatic rings. The fourth-order valence-electron chi connectivity index (χ4n) is 3.70. The summed E-state index contributed by atoms with van der Waals surface area (Å²) in [5.41, 5.74) is 7.54. The largest absolute Gasteiger partial charge is 0.341 e. The number of nitrogens with one attached hydrogen (secondary N) is 1. The van der Waals surface area contributed by atoms with Crippen LogP contribution in [0.2, 0.25) is 0 Å². The Balaban J connectivity index is 0.00000243. The quantitative estimate of drug-likeness (QED) is 0.800. The Morgan fingerprint density at radius 1 is 1.15 bits per heavy atom. The van der Waals surface area contributed by atoms with Gasteiger partial charge >= 0.3 is 0 Å². The molecule has 5 nitrogen and oxygen atoms in total. The van der Waals surface area contributed by atoms with E-state index in [1.54, 1.807) is 0 Å². The molecule has 2 atom stereocenters. The first-order chi connectivity index (χ1) is 12.2. The zero-order chi connectivity index (χ0) is 17.6. The number of nitrogens with two attached hydrogens (primary N) is 1. The Morgan fingerprint density at radius 2 is 1.85 bits per heavy atom.